The Bertz CT molecular complexity index is 1150. The fraction of sp³-hybridized carbons (Fsp3) is 0.515. The normalized spacial score (nSPS) is 14.8. The number of carboxylic acids is 1. The van der Waals surface area contributed by atoms with E-state index < -0.39 is 36.0 Å². The molecule has 45 heavy (non-hydrogen) atoms. The summed E-state index contributed by atoms with van der Waals surface area (Å²) in [6.45, 7) is 1.34. The Morgan fingerprint density at radius 1 is 0.867 bits per heavy atom. The first-order valence-electron chi connectivity index (χ1n) is 15.4. The highest BCUT2D eigenvalue weighted by Crippen LogP contribution is 2.28. The maximum Gasteiger partial charge on any atom is 0.449 e. The molecule has 1 aliphatic rings. The molecule has 1 saturated carbocycles. The largest absolute Gasteiger partial charge is 0.480 e. The van der Waals surface area contributed by atoms with Crippen LogP contribution in [-0.2, 0) is 14.4 Å². The Morgan fingerprint density at radius 2 is 1.38 bits per heavy atom. The Hall–Kier alpha value is -3.93. The Morgan fingerprint density at radius 3 is 1.84 bits per heavy atom. The number of ketones is 1. The van der Waals surface area contributed by atoms with Gasteiger partial charge in [0.2, 0.25) is 11.7 Å². The smallest absolute Gasteiger partial charge is 0.449 e. The topological polar surface area (TPSA) is 151 Å². The number of rotatable bonds is 14. The SMILES string of the molecule is CC(=O)C(F)(F)F.NCCCC[C@H](NC(=O)N[C@H](CC1CCCCC1)C(=O)NCC(c1ccccc1)c1ccccc1)C(=O)O. The molecule has 9 nitrogen and oxygen atoms in total. The van der Waals surface area contributed by atoms with E-state index in [0.29, 0.717) is 45.2 Å². The van der Waals surface area contributed by atoms with Gasteiger partial charge in [-0.05, 0) is 49.3 Å². The molecule has 3 amide bonds. The van der Waals surface area contributed by atoms with Gasteiger partial charge in [-0.2, -0.15) is 13.2 Å². The summed E-state index contributed by atoms with van der Waals surface area (Å²) >= 11 is 0. The van der Waals surface area contributed by atoms with E-state index in [2.05, 4.69) is 16.0 Å². The van der Waals surface area contributed by atoms with Gasteiger partial charge in [0.15, 0.2) is 0 Å². The van der Waals surface area contributed by atoms with Crippen LogP contribution in [0, 0.1) is 5.92 Å². The van der Waals surface area contributed by atoms with Crippen LogP contribution in [0.15, 0.2) is 60.7 Å². The number of Topliss-reactive ketones (excluding diaryl/α,β-unsaturated/α-hetero) is 1. The molecule has 1 fully saturated rings. The fourth-order valence-electron chi connectivity index (χ4n) is 5.22. The summed E-state index contributed by atoms with van der Waals surface area (Å²) in [5, 5.41) is 18.0. The van der Waals surface area contributed by atoms with Gasteiger partial charge in [0.25, 0.3) is 0 Å². The molecule has 0 heterocycles. The highest BCUT2D eigenvalue weighted by atomic mass is 19.4. The summed E-state index contributed by atoms with van der Waals surface area (Å²) in [4.78, 5) is 47.3. The zero-order chi connectivity index (χ0) is 33.2. The van der Waals surface area contributed by atoms with Crippen LogP contribution in [0.1, 0.15) is 81.8 Å². The number of nitrogens with one attached hydrogen (secondary N) is 3. The van der Waals surface area contributed by atoms with Gasteiger partial charge < -0.3 is 26.8 Å². The molecule has 248 valence electrons. The van der Waals surface area contributed by atoms with E-state index in [1.807, 2.05) is 60.7 Å². The van der Waals surface area contributed by atoms with Crippen molar-refractivity contribution in [2.24, 2.45) is 11.7 Å². The van der Waals surface area contributed by atoms with Crippen molar-refractivity contribution in [2.45, 2.75) is 88.9 Å². The number of carbonyl (C=O) groups is 4. The van der Waals surface area contributed by atoms with E-state index in [0.717, 1.165) is 36.8 Å². The van der Waals surface area contributed by atoms with Crippen molar-refractivity contribution < 1.29 is 37.5 Å². The highest BCUT2D eigenvalue weighted by Gasteiger charge is 2.33. The zero-order valence-corrected chi connectivity index (χ0v) is 25.7. The minimum absolute atomic E-state index is 0.0376. The minimum atomic E-state index is -4.64. The molecular weight excluding hydrogens is 589 g/mol. The molecule has 0 unspecified atom stereocenters. The molecule has 0 saturated heterocycles. The molecule has 1 aliphatic carbocycles. The Labute approximate surface area is 262 Å². The molecule has 0 aromatic heterocycles. The van der Waals surface area contributed by atoms with Crippen LogP contribution >= 0.6 is 0 Å². The second-order valence-corrected chi connectivity index (χ2v) is 11.3. The average molecular weight is 635 g/mol. The van der Waals surface area contributed by atoms with Crippen LogP contribution in [0.25, 0.3) is 0 Å². The number of aliphatic carboxylic acids is 1. The van der Waals surface area contributed by atoms with Gasteiger partial charge in [0.05, 0.1) is 0 Å². The van der Waals surface area contributed by atoms with Crippen molar-refractivity contribution in [3.8, 4) is 0 Å². The number of benzene rings is 2. The third kappa shape index (κ3) is 14.1. The summed E-state index contributed by atoms with van der Waals surface area (Å²) in [6, 6.07) is 17.6. The third-order valence-corrected chi connectivity index (χ3v) is 7.75. The molecule has 12 heteroatoms. The van der Waals surface area contributed by atoms with Crippen LogP contribution in [0.4, 0.5) is 18.0 Å². The predicted molar refractivity (Wildman–Crippen MR) is 165 cm³/mol. The van der Waals surface area contributed by atoms with Crippen LogP contribution in [-0.4, -0.2) is 60.1 Å². The number of alkyl halides is 3. The van der Waals surface area contributed by atoms with Crippen molar-refractivity contribution in [1.82, 2.24) is 16.0 Å². The first-order valence-corrected chi connectivity index (χ1v) is 15.4. The quantitative estimate of drug-likeness (QED) is 0.178. The van der Waals surface area contributed by atoms with Gasteiger partial charge in [-0.1, -0.05) is 92.8 Å². The zero-order valence-electron chi connectivity index (χ0n) is 25.7. The van der Waals surface area contributed by atoms with E-state index in [4.69, 9.17) is 5.73 Å². The lowest BCUT2D eigenvalue weighted by Gasteiger charge is -2.28. The molecule has 0 radical (unpaired) electrons. The van der Waals surface area contributed by atoms with Gasteiger partial charge >= 0.3 is 18.2 Å². The van der Waals surface area contributed by atoms with Crippen molar-refractivity contribution in [3.05, 3.63) is 71.8 Å². The van der Waals surface area contributed by atoms with Gasteiger partial charge in [-0.3, -0.25) is 9.59 Å². The molecule has 3 rings (SSSR count). The van der Waals surface area contributed by atoms with E-state index in [-0.39, 0.29) is 18.2 Å². The number of urea groups is 1. The third-order valence-electron chi connectivity index (χ3n) is 7.75. The number of amides is 3. The first-order chi connectivity index (χ1) is 21.4. The minimum Gasteiger partial charge on any atom is -0.480 e. The molecule has 2 atom stereocenters. The second-order valence-electron chi connectivity index (χ2n) is 11.3. The molecule has 2 aromatic rings. The van der Waals surface area contributed by atoms with Gasteiger partial charge in [0.1, 0.15) is 12.1 Å². The number of hydrogen-bond acceptors (Lipinski definition) is 5. The molecule has 2 aromatic carbocycles. The summed E-state index contributed by atoms with van der Waals surface area (Å²) in [7, 11) is 0. The predicted octanol–water partition coefficient (Wildman–Crippen LogP) is 5.29. The van der Waals surface area contributed by atoms with Crippen LogP contribution < -0.4 is 21.7 Å². The summed E-state index contributed by atoms with van der Waals surface area (Å²) in [5.41, 5.74) is 7.70. The molecule has 6 N–H and O–H groups in total. The molecule has 0 bridgehead atoms. The van der Waals surface area contributed by atoms with E-state index in [9.17, 15) is 37.5 Å². The second kappa shape index (κ2) is 19.5. The summed E-state index contributed by atoms with van der Waals surface area (Å²) < 4.78 is 32.5. The van der Waals surface area contributed by atoms with Gasteiger partial charge in [-0.15, -0.1) is 0 Å². The Balaban J connectivity index is 0.000000900. The molecule has 0 aliphatic heterocycles. The standard InChI is InChI=1S/C30H42N4O4.C3H3F3O/c31-19-11-10-18-26(29(36)37)33-30(38)34-27(20-22-12-4-1-5-13-22)28(35)32-21-25(23-14-6-2-7-15-23)24-16-8-3-9-17-24;1-2(7)3(4,5)6/h2-3,6-9,14-17,22,25-27H,1,4-5,10-13,18-21,31H2,(H,32,35)(H,36,37)(H2,33,34,38);1H3/t26-,27+;/m0./s1. The average Bonchev–Trinajstić information content (AvgIpc) is 3.01. The van der Waals surface area contributed by atoms with E-state index in [1.165, 1.54) is 6.42 Å². The number of carboxylic acid groups (broad SMARTS) is 1. The Kier molecular flexibility index (Phi) is 16.1. The number of unbranched alkanes of at least 4 members (excludes halogenated alkanes) is 1. The summed E-state index contributed by atoms with van der Waals surface area (Å²) in [6.07, 6.45) is 2.96. The van der Waals surface area contributed by atoms with E-state index >= 15 is 0 Å². The van der Waals surface area contributed by atoms with Crippen LogP contribution in [0.2, 0.25) is 0 Å². The number of hydrogen-bond donors (Lipinski definition) is 5. The maximum atomic E-state index is 13.5. The van der Waals surface area contributed by atoms with Crippen LogP contribution in [0.3, 0.4) is 0 Å². The molecule has 0 spiro atoms. The lowest BCUT2D eigenvalue weighted by atomic mass is 9.84. The van der Waals surface area contributed by atoms with Crippen molar-refractivity contribution in [3.63, 3.8) is 0 Å². The van der Waals surface area contributed by atoms with Crippen molar-refractivity contribution in [1.29, 1.82) is 0 Å². The highest BCUT2D eigenvalue weighted by molar-refractivity contribution is 5.88. The first kappa shape index (κ1) is 37.3. The number of halogens is 3. The maximum absolute atomic E-state index is 13.5. The van der Waals surface area contributed by atoms with Crippen molar-refractivity contribution in [2.75, 3.05) is 13.1 Å². The van der Waals surface area contributed by atoms with Crippen LogP contribution in [0.5, 0.6) is 0 Å². The number of carbonyl (C=O) groups excluding carboxylic acids is 3. The molecular formula is C33H45F3N4O5. The monoisotopic (exact) mass is 634 g/mol. The number of nitrogens with two attached hydrogens (primary N) is 1. The van der Waals surface area contributed by atoms with Gasteiger partial charge in [-0.25, -0.2) is 9.59 Å². The summed E-state index contributed by atoms with van der Waals surface area (Å²) in [5.74, 6) is -2.80. The van der Waals surface area contributed by atoms with Crippen molar-refractivity contribution >= 4 is 23.7 Å². The lowest BCUT2D eigenvalue weighted by Crippen LogP contribution is -2.54. The van der Waals surface area contributed by atoms with Gasteiger partial charge in [0, 0.05) is 19.4 Å². The lowest BCUT2D eigenvalue weighted by molar-refractivity contribution is -0.168. The van der Waals surface area contributed by atoms with E-state index in [1.54, 1.807) is 0 Å². The fourth-order valence-corrected chi connectivity index (χ4v) is 5.22.